The molecule has 1 aromatic heterocycles. The SMILES string of the molecule is Cc1ccc(C)c(-n2cc[nH]c(=O)c2=O)c1. The smallest absolute Gasteiger partial charge is 0.320 e. The molecule has 1 aromatic carbocycles. The number of hydrogen-bond donors (Lipinski definition) is 1. The summed E-state index contributed by atoms with van der Waals surface area (Å²) < 4.78 is 1.36. The van der Waals surface area contributed by atoms with E-state index in [1.54, 1.807) is 6.20 Å². The first-order valence-corrected chi connectivity index (χ1v) is 4.97. The number of hydrogen-bond acceptors (Lipinski definition) is 2. The van der Waals surface area contributed by atoms with Gasteiger partial charge in [0.1, 0.15) is 0 Å². The van der Waals surface area contributed by atoms with Crippen molar-refractivity contribution in [3.05, 3.63) is 62.4 Å². The van der Waals surface area contributed by atoms with Crippen molar-refractivity contribution in [1.29, 1.82) is 0 Å². The topological polar surface area (TPSA) is 54.9 Å². The van der Waals surface area contributed by atoms with Crippen LogP contribution < -0.4 is 11.1 Å². The zero-order chi connectivity index (χ0) is 11.7. The van der Waals surface area contributed by atoms with Crippen molar-refractivity contribution in [1.82, 2.24) is 9.55 Å². The lowest BCUT2D eigenvalue weighted by Crippen LogP contribution is -2.34. The van der Waals surface area contributed by atoms with Gasteiger partial charge in [0.05, 0.1) is 5.69 Å². The van der Waals surface area contributed by atoms with Crippen molar-refractivity contribution in [2.75, 3.05) is 0 Å². The van der Waals surface area contributed by atoms with E-state index in [0.29, 0.717) is 0 Å². The van der Waals surface area contributed by atoms with Gasteiger partial charge in [-0.2, -0.15) is 0 Å². The maximum Gasteiger partial charge on any atom is 0.320 e. The Hall–Kier alpha value is -2.10. The van der Waals surface area contributed by atoms with Gasteiger partial charge in [0.15, 0.2) is 0 Å². The monoisotopic (exact) mass is 216 g/mol. The zero-order valence-corrected chi connectivity index (χ0v) is 9.15. The highest BCUT2D eigenvalue weighted by Gasteiger charge is 2.05. The fourth-order valence-corrected chi connectivity index (χ4v) is 1.59. The van der Waals surface area contributed by atoms with Crippen LogP contribution >= 0.6 is 0 Å². The van der Waals surface area contributed by atoms with E-state index < -0.39 is 11.1 Å². The summed E-state index contributed by atoms with van der Waals surface area (Å²) in [5, 5.41) is 0. The molecule has 0 amide bonds. The first-order chi connectivity index (χ1) is 7.59. The highest BCUT2D eigenvalue weighted by atomic mass is 16.2. The van der Waals surface area contributed by atoms with Crippen LogP contribution in [0.1, 0.15) is 11.1 Å². The molecule has 0 aliphatic carbocycles. The molecule has 82 valence electrons. The first-order valence-electron chi connectivity index (χ1n) is 4.97. The summed E-state index contributed by atoms with van der Waals surface area (Å²) in [4.78, 5) is 25.2. The standard InChI is InChI=1S/C12H12N2O2/c1-8-3-4-9(2)10(7-8)14-6-5-13-11(15)12(14)16/h3-7H,1-2H3,(H,13,15). The predicted octanol–water partition coefficient (Wildman–Crippen LogP) is 1.14. The molecule has 0 unspecified atom stereocenters. The Labute approximate surface area is 92.2 Å². The molecule has 1 N–H and O–H groups in total. The molecular formula is C12H12N2O2. The van der Waals surface area contributed by atoms with E-state index in [-0.39, 0.29) is 0 Å². The van der Waals surface area contributed by atoms with Gasteiger partial charge in [-0.05, 0) is 31.0 Å². The third-order valence-corrected chi connectivity index (χ3v) is 2.48. The summed E-state index contributed by atoms with van der Waals surface area (Å²) in [7, 11) is 0. The van der Waals surface area contributed by atoms with Crippen LogP contribution in [0.15, 0.2) is 40.2 Å². The van der Waals surface area contributed by atoms with E-state index in [1.807, 2.05) is 32.0 Å². The molecule has 0 radical (unpaired) electrons. The lowest BCUT2D eigenvalue weighted by molar-refractivity contribution is 0.918. The molecule has 2 rings (SSSR count). The second-order valence-corrected chi connectivity index (χ2v) is 3.75. The first kappa shape index (κ1) is 10.4. The number of H-pyrrole nitrogens is 1. The third-order valence-electron chi connectivity index (χ3n) is 2.48. The molecule has 0 aliphatic rings. The molecule has 2 aromatic rings. The van der Waals surface area contributed by atoms with Crippen molar-refractivity contribution in [2.45, 2.75) is 13.8 Å². The lowest BCUT2D eigenvalue weighted by Gasteiger charge is -2.08. The number of benzene rings is 1. The molecule has 0 spiro atoms. The Morgan fingerprint density at radius 2 is 1.94 bits per heavy atom. The normalized spacial score (nSPS) is 10.4. The van der Waals surface area contributed by atoms with Crippen LogP contribution in [0.25, 0.3) is 5.69 Å². The van der Waals surface area contributed by atoms with Crippen molar-refractivity contribution in [3.63, 3.8) is 0 Å². The molecule has 0 aliphatic heterocycles. The predicted molar refractivity (Wildman–Crippen MR) is 62.1 cm³/mol. The summed E-state index contributed by atoms with van der Waals surface area (Å²) in [5.74, 6) is 0. The summed E-state index contributed by atoms with van der Waals surface area (Å²) in [6, 6.07) is 5.78. The number of aryl methyl sites for hydroxylation is 2. The maximum atomic E-state index is 11.7. The van der Waals surface area contributed by atoms with Gasteiger partial charge in [0.2, 0.25) is 0 Å². The fourth-order valence-electron chi connectivity index (χ4n) is 1.59. The van der Waals surface area contributed by atoms with Gasteiger partial charge in [0.25, 0.3) is 0 Å². The lowest BCUT2D eigenvalue weighted by atomic mass is 10.1. The molecule has 4 heteroatoms. The van der Waals surface area contributed by atoms with E-state index in [0.717, 1.165) is 16.8 Å². The zero-order valence-electron chi connectivity index (χ0n) is 9.15. The van der Waals surface area contributed by atoms with Gasteiger partial charge >= 0.3 is 11.1 Å². The highest BCUT2D eigenvalue weighted by molar-refractivity contribution is 5.42. The minimum atomic E-state index is -0.608. The van der Waals surface area contributed by atoms with E-state index >= 15 is 0 Å². The molecule has 16 heavy (non-hydrogen) atoms. The van der Waals surface area contributed by atoms with Crippen LogP contribution in [0.5, 0.6) is 0 Å². The van der Waals surface area contributed by atoms with E-state index in [4.69, 9.17) is 0 Å². The molecule has 0 saturated carbocycles. The van der Waals surface area contributed by atoms with Crippen LogP contribution in [-0.4, -0.2) is 9.55 Å². The van der Waals surface area contributed by atoms with Crippen LogP contribution in [0, 0.1) is 13.8 Å². The van der Waals surface area contributed by atoms with Crippen LogP contribution in [0.3, 0.4) is 0 Å². The quantitative estimate of drug-likeness (QED) is 0.727. The Bertz CT molecular complexity index is 638. The van der Waals surface area contributed by atoms with Crippen molar-refractivity contribution < 1.29 is 0 Å². The Kier molecular flexibility index (Phi) is 2.48. The van der Waals surface area contributed by atoms with E-state index in [1.165, 1.54) is 10.8 Å². The van der Waals surface area contributed by atoms with Crippen LogP contribution in [0.2, 0.25) is 0 Å². The van der Waals surface area contributed by atoms with Crippen LogP contribution in [0.4, 0.5) is 0 Å². The van der Waals surface area contributed by atoms with Gasteiger partial charge in [-0.25, -0.2) is 0 Å². The largest absolute Gasteiger partial charge is 0.323 e. The van der Waals surface area contributed by atoms with E-state index in [9.17, 15) is 9.59 Å². The summed E-state index contributed by atoms with van der Waals surface area (Å²) in [5.41, 5.74) is 1.58. The Balaban J connectivity index is 2.77. The number of rotatable bonds is 1. The molecule has 4 nitrogen and oxygen atoms in total. The van der Waals surface area contributed by atoms with Crippen molar-refractivity contribution >= 4 is 0 Å². The van der Waals surface area contributed by atoms with Gasteiger partial charge in [-0.3, -0.25) is 14.2 Å². The number of aromatic nitrogens is 2. The molecule has 0 bridgehead atoms. The summed E-state index contributed by atoms with van der Waals surface area (Å²) in [6.07, 6.45) is 3.02. The highest BCUT2D eigenvalue weighted by Crippen LogP contribution is 2.13. The average molecular weight is 216 g/mol. The van der Waals surface area contributed by atoms with Gasteiger partial charge in [-0.15, -0.1) is 0 Å². The van der Waals surface area contributed by atoms with Gasteiger partial charge in [0, 0.05) is 12.4 Å². The van der Waals surface area contributed by atoms with Gasteiger partial charge in [-0.1, -0.05) is 12.1 Å². The Morgan fingerprint density at radius 3 is 2.69 bits per heavy atom. The number of nitrogens with one attached hydrogen (secondary N) is 1. The second kappa shape index (κ2) is 3.81. The summed E-state index contributed by atoms with van der Waals surface area (Å²) in [6.45, 7) is 3.85. The Morgan fingerprint density at radius 1 is 1.19 bits per heavy atom. The van der Waals surface area contributed by atoms with Gasteiger partial charge < -0.3 is 4.98 Å². The molecule has 0 fully saturated rings. The average Bonchev–Trinajstić information content (AvgIpc) is 2.26. The fraction of sp³-hybridized carbons (Fsp3) is 0.167. The minimum Gasteiger partial charge on any atom is -0.323 e. The number of aromatic amines is 1. The van der Waals surface area contributed by atoms with Crippen molar-refractivity contribution in [3.8, 4) is 5.69 Å². The third kappa shape index (κ3) is 1.69. The maximum absolute atomic E-state index is 11.7. The molecule has 1 heterocycles. The van der Waals surface area contributed by atoms with Crippen LogP contribution in [-0.2, 0) is 0 Å². The number of nitrogens with zero attached hydrogens (tertiary/aromatic N) is 1. The summed E-state index contributed by atoms with van der Waals surface area (Å²) >= 11 is 0. The molecule has 0 atom stereocenters. The minimum absolute atomic E-state index is 0.559. The molecular weight excluding hydrogens is 204 g/mol. The second-order valence-electron chi connectivity index (χ2n) is 3.75. The van der Waals surface area contributed by atoms with E-state index in [2.05, 4.69) is 4.98 Å². The molecule has 0 saturated heterocycles. The van der Waals surface area contributed by atoms with Crippen molar-refractivity contribution in [2.24, 2.45) is 0 Å².